The van der Waals surface area contributed by atoms with E-state index in [0.717, 1.165) is 43.8 Å². The molecule has 0 nitrogen and oxygen atoms in total. The number of hydrogen-bond acceptors (Lipinski definition) is 0. The van der Waals surface area contributed by atoms with E-state index in [1.165, 1.54) is 41.1 Å². The molecule has 7 spiro atoms. The van der Waals surface area contributed by atoms with E-state index in [0.29, 0.717) is 5.41 Å². The SMILES string of the molecule is C=CC(=C)C12CC34CC5CC67CC8CC9%10CC%11CC%12(C1)C3C(C5)(C69)C8%11C(C2)(C74)C%10%12. The minimum atomic E-state index is 0.477. The molecule has 15 bridgehead atoms. The molecule has 0 aromatic rings. The highest BCUT2D eigenvalue weighted by atomic mass is 15.2. The van der Waals surface area contributed by atoms with Crippen molar-refractivity contribution in [3.05, 3.63) is 24.8 Å². The zero-order valence-corrected chi connectivity index (χ0v) is 17.6. The molecule has 0 radical (unpaired) electrons. The predicted octanol–water partition coefficient (Wildman–Crippen LogP) is 6.00. The summed E-state index contributed by atoms with van der Waals surface area (Å²) < 4.78 is 0. The van der Waals surface area contributed by atoms with Gasteiger partial charge < -0.3 is 0 Å². The second kappa shape index (κ2) is 2.83. The minimum absolute atomic E-state index is 0.477. The van der Waals surface area contributed by atoms with Crippen molar-refractivity contribution in [3.8, 4) is 0 Å². The molecule has 25 rings (SSSR count). The lowest BCUT2D eigenvalue weighted by molar-refractivity contribution is -0.687. The lowest BCUT2D eigenvalue weighted by Gasteiger charge is -3.16. The van der Waals surface area contributed by atoms with Crippen molar-refractivity contribution >= 4 is 0 Å². The first-order valence-electron chi connectivity index (χ1n) is 13.3. The molecule has 0 N–H and O–H groups in total. The van der Waals surface area contributed by atoms with Crippen molar-refractivity contribution in [1.29, 1.82) is 0 Å². The van der Waals surface area contributed by atoms with Crippen molar-refractivity contribution in [2.75, 3.05) is 0 Å². The van der Waals surface area contributed by atoms with Gasteiger partial charge in [0, 0.05) is 0 Å². The van der Waals surface area contributed by atoms with Crippen LogP contribution >= 0.6 is 0 Å². The normalized spacial score (nSPS) is 88.3. The smallest absolute Gasteiger partial charge is 0.00363 e. The Bertz CT molecular complexity index is 1100. The highest BCUT2D eigenvalue weighted by molar-refractivity contribution is 5.61. The third-order valence-electron chi connectivity index (χ3n) is 16.9. The summed E-state index contributed by atoms with van der Waals surface area (Å²) in [5.74, 6) is 8.26. The van der Waals surface area contributed by atoms with Crippen LogP contribution in [0.15, 0.2) is 24.8 Å². The number of hydrogen-bond donors (Lipinski definition) is 0. The summed E-state index contributed by atoms with van der Waals surface area (Å²) in [5.41, 5.74) is 7.74. The average Bonchev–Trinajstić information content (AvgIpc) is 2.61. The van der Waals surface area contributed by atoms with Crippen molar-refractivity contribution in [2.45, 2.75) is 64.2 Å². The summed E-state index contributed by atoms with van der Waals surface area (Å²) in [7, 11) is 0. The topological polar surface area (TPSA) is 0 Å². The Morgan fingerprint density at radius 1 is 0.655 bits per heavy atom. The molecule has 25 aliphatic rings. The Kier molecular flexibility index (Phi) is 1.35. The summed E-state index contributed by atoms with van der Waals surface area (Å²) in [4.78, 5) is 0. The van der Waals surface area contributed by atoms with Crippen LogP contribution in [-0.4, -0.2) is 0 Å². The second-order valence-corrected chi connectivity index (χ2v) is 15.8. The highest BCUT2D eigenvalue weighted by Gasteiger charge is 3.13. The van der Waals surface area contributed by atoms with Gasteiger partial charge in [0.05, 0.1) is 0 Å². The standard InChI is InChI=1S/C29H32/c1-3-14(2)22-11-25-5-15-4-23-7-16-8-24-9-17-10-26(12-22)20(24)28(13-22,19(23)25)29(16,17)27(6-15,18(23)24)21(25)26/h3,15-21H,1-2,4-13H2. The minimum Gasteiger partial charge on any atom is -0.0988 e. The van der Waals surface area contributed by atoms with Gasteiger partial charge in [0.1, 0.15) is 0 Å². The molecule has 148 valence electrons. The summed E-state index contributed by atoms with van der Waals surface area (Å²) in [5, 5.41) is 0. The quantitative estimate of drug-likeness (QED) is 0.516. The average molecular weight is 381 g/mol. The van der Waals surface area contributed by atoms with E-state index in [4.69, 9.17) is 6.58 Å². The van der Waals surface area contributed by atoms with Gasteiger partial charge in [-0.15, -0.1) is 0 Å². The fourth-order valence-electron chi connectivity index (χ4n) is 20.5. The Morgan fingerprint density at radius 2 is 1.21 bits per heavy atom. The van der Waals surface area contributed by atoms with Crippen LogP contribution in [0.25, 0.3) is 0 Å². The fraction of sp³-hybridized carbons (Fsp3) is 0.862. The molecule has 0 aromatic heterocycles. The monoisotopic (exact) mass is 380 g/mol. The number of rotatable bonds is 2. The Hall–Kier alpha value is -0.520. The summed E-state index contributed by atoms with van der Waals surface area (Å²) >= 11 is 0. The molecular weight excluding hydrogens is 348 g/mol. The molecule has 25 saturated carbocycles. The highest BCUT2D eigenvalue weighted by Crippen LogP contribution is 3.18. The molecule has 0 amide bonds. The van der Waals surface area contributed by atoms with E-state index in [9.17, 15) is 0 Å². The lowest BCUT2D eigenvalue weighted by atomic mass is 8.88. The van der Waals surface area contributed by atoms with Crippen LogP contribution < -0.4 is 0 Å². The van der Waals surface area contributed by atoms with Crippen LogP contribution in [0.5, 0.6) is 0 Å². The van der Waals surface area contributed by atoms with Gasteiger partial charge >= 0.3 is 0 Å². The Balaban J connectivity index is 1.36. The van der Waals surface area contributed by atoms with E-state index in [2.05, 4.69) is 12.7 Å². The van der Waals surface area contributed by atoms with E-state index >= 15 is 0 Å². The largest absolute Gasteiger partial charge is 0.0988 e. The van der Waals surface area contributed by atoms with E-state index in [-0.39, 0.29) is 0 Å². The summed E-state index contributed by atoms with van der Waals surface area (Å²) in [6, 6.07) is 0. The van der Waals surface area contributed by atoms with Gasteiger partial charge in [-0.25, -0.2) is 0 Å². The van der Waals surface area contributed by atoms with Crippen molar-refractivity contribution in [3.63, 3.8) is 0 Å². The van der Waals surface area contributed by atoms with Gasteiger partial charge in [0.25, 0.3) is 0 Å². The van der Waals surface area contributed by atoms with E-state index < -0.39 is 0 Å². The van der Waals surface area contributed by atoms with Crippen LogP contribution in [0.4, 0.5) is 0 Å². The van der Waals surface area contributed by atoms with Crippen LogP contribution in [0, 0.1) is 84.7 Å². The molecule has 0 aromatic carbocycles. The zero-order valence-electron chi connectivity index (χ0n) is 17.6. The van der Waals surface area contributed by atoms with Gasteiger partial charge in [0.2, 0.25) is 0 Å². The number of allylic oxidation sites excluding steroid dienone is 2. The molecular formula is C29H32. The van der Waals surface area contributed by atoms with Crippen LogP contribution in [0.2, 0.25) is 0 Å². The molecule has 25 fully saturated rings. The van der Waals surface area contributed by atoms with Crippen LogP contribution in [-0.2, 0) is 0 Å². The molecule has 0 aliphatic heterocycles. The Morgan fingerprint density at radius 3 is 1.93 bits per heavy atom. The van der Waals surface area contributed by atoms with Gasteiger partial charge in [-0.2, -0.15) is 0 Å². The van der Waals surface area contributed by atoms with Crippen molar-refractivity contribution in [1.82, 2.24) is 0 Å². The first-order valence-corrected chi connectivity index (χ1v) is 13.3. The third-order valence-corrected chi connectivity index (χ3v) is 16.9. The maximum absolute atomic E-state index is 4.75. The van der Waals surface area contributed by atoms with Crippen molar-refractivity contribution < 1.29 is 0 Å². The van der Waals surface area contributed by atoms with Crippen LogP contribution in [0.1, 0.15) is 64.2 Å². The molecule has 29 heavy (non-hydrogen) atoms. The van der Waals surface area contributed by atoms with Crippen molar-refractivity contribution in [2.24, 2.45) is 84.7 Å². The summed E-state index contributed by atoms with van der Waals surface area (Å²) in [6.07, 6.45) is 18.9. The Labute approximate surface area is 174 Å². The van der Waals surface area contributed by atoms with E-state index in [1.54, 1.807) is 64.2 Å². The van der Waals surface area contributed by atoms with Crippen LogP contribution in [0.3, 0.4) is 0 Å². The molecule has 15 unspecified atom stereocenters. The molecule has 0 saturated heterocycles. The maximum atomic E-state index is 4.75. The molecule has 0 heterocycles. The van der Waals surface area contributed by atoms with Gasteiger partial charge in [-0.05, 0) is 155 Å². The summed E-state index contributed by atoms with van der Waals surface area (Å²) in [6.45, 7) is 9.06. The molecule has 0 heteroatoms. The third kappa shape index (κ3) is 0.676. The molecule has 25 aliphatic carbocycles. The second-order valence-electron chi connectivity index (χ2n) is 15.8. The maximum Gasteiger partial charge on any atom is -0.00363 e. The lowest BCUT2D eigenvalue weighted by Crippen LogP contribution is -3.11. The first-order chi connectivity index (χ1) is 14.0. The van der Waals surface area contributed by atoms with Gasteiger partial charge in [-0.1, -0.05) is 19.2 Å². The van der Waals surface area contributed by atoms with Gasteiger partial charge in [-0.3, -0.25) is 0 Å². The molecule has 15 atom stereocenters. The fourth-order valence-corrected chi connectivity index (χ4v) is 20.5. The predicted molar refractivity (Wildman–Crippen MR) is 109 cm³/mol. The zero-order chi connectivity index (χ0) is 18.4. The van der Waals surface area contributed by atoms with Gasteiger partial charge in [0.15, 0.2) is 0 Å². The van der Waals surface area contributed by atoms with E-state index in [1.807, 2.05) is 0 Å². The first kappa shape index (κ1) is 13.8.